The summed E-state index contributed by atoms with van der Waals surface area (Å²) in [6.07, 6.45) is -1.39. The standard InChI is InChI=1S/C34H42N4O5S/c1-21-11-9-10-14-25(21)18-36-32(41)31-34(4,5)44-20-38(31)33(42)29(40)27(17-24-12-7-6-8-13-24)37-28(39)19-43-30-22(2)15-26(35)16-23(30)3/h6-16,27,29,31,40H,17-20,35H2,1-5H3,(H,36,41)(H,37,39)/t27-,29-,31+/m0/s1. The molecule has 4 rings (SSSR count). The van der Waals surface area contributed by atoms with Crippen LogP contribution in [-0.2, 0) is 27.3 Å². The summed E-state index contributed by atoms with van der Waals surface area (Å²) in [6.45, 7) is 9.52. The van der Waals surface area contributed by atoms with Crippen molar-refractivity contribution in [1.82, 2.24) is 15.5 Å². The second-order valence-corrected chi connectivity index (χ2v) is 13.4. The number of nitrogens with one attached hydrogen (secondary N) is 2. The zero-order chi connectivity index (χ0) is 32.0. The monoisotopic (exact) mass is 618 g/mol. The molecule has 0 aliphatic carbocycles. The van der Waals surface area contributed by atoms with Crippen LogP contribution in [0.1, 0.15) is 41.7 Å². The summed E-state index contributed by atoms with van der Waals surface area (Å²) in [7, 11) is 0. The van der Waals surface area contributed by atoms with E-state index < -0.39 is 34.7 Å². The number of aliphatic hydroxyl groups is 1. The third-order valence-corrected chi connectivity index (χ3v) is 9.28. The number of carbonyl (C=O) groups is 3. The third kappa shape index (κ3) is 7.92. The van der Waals surface area contributed by atoms with Crippen LogP contribution in [0.2, 0.25) is 0 Å². The van der Waals surface area contributed by atoms with Crippen molar-refractivity contribution in [1.29, 1.82) is 0 Å². The van der Waals surface area contributed by atoms with Gasteiger partial charge in [-0.15, -0.1) is 11.8 Å². The molecular weight excluding hydrogens is 576 g/mol. The van der Waals surface area contributed by atoms with Gasteiger partial charge in [0.2, 0.25) is 5.91 Å². The molecule has 1 aliphatic rings. The number of carbonyl (C=O) groups excluding carboxylic acids is 3. The van der Waals surface area contributed by atoms with Crippen LogP contribution in [0.3, 0.4) is 0 Å². The van der Waals surface area contributed by atoms with E-state index in [1.807, 2.05) is 89.2 Å². The number of thioether (sulfide) groups is 1. The minimum atomic E-state index is -1.60. The minimum Gasteiger partial charge on any atom is -0.483 e. The van der Waals surface area contributed by atoms with Gasteiger partial charge in [0.1, 0.15) is 11.8 Å². The molecule has 1 fully saturated rings. The zero-order valence-corrected chi connectivity index (χ0v) is 26.7. The number of aliphatic hydroxyl groups excluding tert-OH is 1. The molecule has 0 bridgehead atoms. The van der Waals surface area contributed by atoms with Gasteiger partial charge in [-0.3, -0.25) is 14.4 Å². The Bertz CT molecular complexity index is 1470. The summed E-state index contributed by atoms with van der Waals surface area (Å²) in [4.78, 5) is 41.9. The number of ether oxygens (including phenoxy) is 1. The Morgan fingerprint density at radius 1 is 1.02 bits per heavy atom. The molecule has 3 amide bonds. The van der Waals surface area contributed by atoms with E-state index in [2.05, 4.69) is 10.6 Å². The first-order valence-corrected chi connectivity index (χ1v) is 15.6. The third-order valence-electron chi connectivity index (χ3n) is 7.90. The number of aryl methyl sites for hydroxylation is 3. The SMILES string of the molecule is Cc1ccccc1CNC(=O)[C@H]1N(C(=O)[C@@H](O)[C@H](Cc2ccccc2)NC(=O)COc2c(C)cc(N)cc2C)CSC1(C)C. The predicted molar refractivity (Wildman–Crippen MR) is 174 cm³/mol. The number of nitrogens with zero attached hydrogens (tertiary/aromatic N) is 1. The summed E-state index contributed by atoms with van der Waals surface area (Å²) < 4.78 is 5.23. The zero-order valence-electron chi connectivity index (χ0n) is 25.9. The summed E-state index contributed by atoms with van der Waals surface area (Å²) in [5, 5.41) is 17.3. The fourth-order valence-electron chi connectivity index (χ4n) is 5.55. The maximum absolute atomic E-state index is 13.9. The Labute approximate surface area is 263 Å². The molecule has 44 heavy (non-hydrogen) atoms. The van der Waals surface area contributed by atoms with Gasteiger partial charge in [0.05, 0.1) is 11.9 Å². The molecule has 3 atom stereocenters. The number of amides is 3. The highest BCUT2D eigenvalue weighted by Gasteiger charge is 2.49. The Hall–Kier alpha value is -4.02. The van der Waals surface area contributed by atoms with E-state index in [4.69, 9.17) is 10.5 Å². The highest BCUT2D eigenvalue weighted by Crippen LogP contribution is 2.40. The lowest BCUT2D eigenvalue weighted by molar-refractivity contribution is -0.148. The summed E-state index contributed by atoms with van der Waals surface area (Å²) >= 11 is 1.47. The van der Waals surface area contributed by atoms with Crippen molar-refractivity contribution in [3.05, 3.63) is 94.5 Å². The Balaban J connectivity index is 1.49. The van der Waals surface area contributed by atoms with E-state index in [1.54, 1.807) is 12.1 Å². The van der Waals surface area contributed by atoms with Gasteiger partial charge in [-0.25, -0.2) is 0 Å². The number of nitrogen functional groups attached to an aromatic ring is 1. The van der Waals surface area contributed by atoms with E-state index in [-0.39, 0.29) is 24.8 Å². The smallest absolute Gasteiger partial charge is 0.258 e. The number of hydrogen-bond acceptors (Lipinski definition) is 7. The molecule has 10 heteroatoms. The molecule has 0 aromatic heterocycles. The van der Waals surface area contributed by atoms with Crippen LogP contribution in [0.4, 0.5) is 5.69 Å². The largest absolute Gasteiger partial charge is 0.483 e. The number of benzene rings is 3. The summed E-state index contributed by atoms with van der Waals surface area (Å²) in [5.41, 5.74) is 11.0. The van der Waals surface area contributed by atoms with E-state index in [0.29, 0.717) is 18.0 Å². The van der Waals surface area contributed by atoms with Gasteiger partial charge >= 0.3 is 0 Å². The molecule has 1 saturated heterocycles. The van der Waals surface area contributed by atoms with Gasteiger partial charge < -0.3 is 31.1 Å². The van der Waals surface area contributed by atoms with E-state index in [0.717, 1.165) is 27.8 Å². The molecule has 0 spiro atoms. The topological polar surface area (TPSA) is 134 Å². The first-order chi connectivity index (χ1) is 20.9. The summed E-state index contributed by atoms with van der Waals surface area (Å²) in [6, 6.07) is 18.9. The van der Waals surface area contributed by atoms with Crippen LogP contribution in [-0.4, -0.2) is 63.1 Å². The van der Waals surface area contributed by atoms with Crippen molar-refractivity contribution in [3.63, 3.8) is 0 Å². The Morgan fingerprint density at radius 3 is 2.32 bits per heavy atom. The van der Waals surface area contributed by atoms with Crippen molar-refractivity contribution in [3.8, 4) is 5.75 Å². The first-order valence-electron chi connectivity index (χ1n) is 14.6. The Morgan fingerprint density at radius 2 is 1.66 bits per heavy atom. The molecule has 3 aromatic rings. The maximum atomic E-state index is 13.9. The predicted octanol–water partition coefficient (Wildman–Crippen LogP) is 3.66. The molecule has 9 nitrogen and oxygen atoms in total. The fourth-order valence-corrected chi connectivity index (χ4v) is 6.69. The lowest BCUT2D eigenvalue weighted by Gasteiger charge is -2.33. The van der Waals surface area contributed by atoms with Crippen LogP contribution >= 0.6 is 11.8 Å². The summed E-state index contributed by atoms with van der Waals surface area (Å²) in [5.74, 6) is -0.615. The molecule has 1 heterocycles. The first kappa shape index (κ1) is 32.9. The van der Waals surface area contributed by atoms with E-state index in [1.165, 1.54) is 16.7 Å². The number of nitrogens with two attached hydrogens (primary N) is 1. The van der Waals surface area contributed by atoms with Crippen LogP contribution in [0.25, 0.3) is 0 Å². The molecule has 0 radical (unpaired) electrons. The van der Waals surface area contributed by atoms with E-state index in [9.17, 15) is 19.5 Å². The second-order valence-electron chi connectivity index (χ2n) is 11.8. The molecule has 3 aromatic carbocycles. The minimum absolute atomic E-state index is 0.202. The van der Waals surface area contributed by atoms with Crippen molar-refractivity contribution >= 4 is 35.2 Å². The van der Waals surface area contributed by atoms with Gasteiger partial charge in [0.15, 0.2) is 12.7 Å². The van der Waals surface area contributed by atoms with Crippen molar-refractivity contribution in [2.45, 2.75) is 70.5 Å². The molecule has 5 N–H and O–H groups in total. The van der Waals surface area contributed by atoms with Gasteiger partial charge in [0.25, 0.3) is 11.8 Å². The number of anilines is 1. The van der Waals surface area contributed by atoms with Crippen molar-refractivity contribution in [2.24, 2.45) is 0 Å². The van der Waals surface area contributed by atoms with Gasteiger partial charge in [-0.1, -0.05) is 54.6 Å². The van der Waals surface area contributed by atoms with Gasteiger partial charge in [-0.2, -0.15) is 0 Å². The van der Waals surface area contributed by atoms with Crippen LogP contribution in [0.5, 0.6) is 5.75 Å². The molecule has 0 unspecified atom stereocenters. The van der Waals surface area contributed by atoms with Crippen LogP contribution in [0.15, 0.2) is 66.7 Å². The quantitative estimate of drug-likeness (QED) is 0.241. The molecule has 234 valence electrons. The van der Waals surface area contributed by atoms with Crippen LogP contribution < -0.4 is 21.1 Å². The fraction of sp³-hybridized carbons (Fsp3) is 0.382. The number of hydrogen-bond donors (Lipinski definition) is 4. The van der Waals surface area contributed by atoms with Gasteiger partial charge in [-0.05, 0) is 81.0 Å². The van der Waals surface area contributed by atoms with E-state index >= 15 is 0 Å². The second kappa shape index (κ2) is 14.2. The Kier molecular flexibility index (Phi) is 10.6. The molecule has 1 aliphatic heterocycles. The van der Waals surface area contributed by atoms with Crippen molar-refractivity contribution in [2.75, 3.05) is 18.2 Å². The normalized spacial score (nSPS) is 17.0. The highest BCUT2D eigenvalue weighted by molar-refractivity contribution is 8.00. The average molecular weight is 619 g/mol. The number of rotatable bonds is 11. The maximum Gasteiger partial charge on any atom is 0.258 e. The molecular formula is C34H42N4O5S. The molecule has 0 saturated carbocycles. The van der Waals surface area contributed by atoms with Crippen molar-refractivity contribution < 1.29 is 24.2 Å². The van der Waals surface area contributed by atoms with Crippen LogP contribution in [0, 0.1) is 20.8 Å². The lowest BCUT2D eigenvalue weighted by Crippen LogP contribution is -2.59. The lowest BCUT2D eigenvalue weighted by atomic mass is 9.97. The average Bonchev–Trinajstić information content (AvgIpc) is 3.30. The van der Waals surface area contributed by atoms with Gasteiger partial charge in [0, 0.05) is 17.0 Å². The highest BCUT2D eigenvalue weighted by atomic mass is 32.2.